The van der Waals surface area contributed by atoms with Crippen LogP contribution in [0, 0.1) is 6.92 Å². The van der Waals surface area contributed by atoms with E-state index in [4.69, 9.17) is 0 Å². The highest BCUT2D eigenvalue weighted by Gasteiger charge is 2.16. The lowest BCUT2D eigenvalue weighted by Crippen LogP contribution is -2.28. The lowest BCUT2D eigenvalue weighted by molar-refractivity contribution is 0.583. The van der Waals surface area contributed by atoms with Gasteiger partial charge in [0.1, 0.15) is 0 Å². The van der Waals surface area contributed by atoms with E-state index in [1.54, 1.807) is 18.2 Å². The van der Waals surface area contributed by atoms with Crippen LogP contribution in [0.2, 0.25) is 0 Å². The number of rotatable bonds is 5. The van der Waals surface area contributed by atoms with Gasteiger partial charge in [-0.3, -0.25) is 4.21 Å². The summed E-state index contributed by atoms with van der Waals surface area (Å²) in [4.78, 5) is 0.199. The van der Waals surface area contributed by atoms with Crippen LogP contribution in [-0.4, -0.2) is 31.2 Å². The maximum atomic E-state index is 11.9. The van der Waals surface area contributed by atoms with Crippen molar-refractivity contribution in [1.29, 1.82) is 0 Å². The van der Waals surface area contributed by atoms with Crippen molar-refractivity contribution < 1.29 is 12.6 Å². The van der Waals surface area contributed by atoms with Crippen molar-refractivity contribution in [3.8, 4) is 0 Å². The molecule has 1 aromatic carbocycles. The lowest BCUT2D eigenvalue weighted by atomic mass is 10.2. The van der Waals surface area contributed by atoms with Crippen LogP contribution in [0.25, 0.3) is 0 Å². The molecule has 0 amide bonds. The maximum absolute atomic E-state index is 11.9. The number of halogens is 1. The molecule has 17 heavy (non-hydrogen) atoms. The summed E-state index contributed by atoms with van der Waals surface area (Å²) in [5, 5.41) is 0. The molecule has 0 saturated carbocycles. The third-order valence-corrected chi connectivity index (χ3v) is 5.28. The van der Waals surface area contributed by atoms with E-state index in [-0.39, 0.29) is 11.4 Å². The summed E-state index contributed by atoms with van der Waals surface area (Å²) in [7, 11) is -4.54. The van der Waals surface area contributed by atoms with Crippen LogP contribution in [0.5, 0.6) is 0 Å². The average Bonchev–Trinajstić information content (AvgIpc) is 2.15. The third kappa shape index (κ3) is 4.50. The number of sulfonamides is 1. The predicted molar refractivity (Wildman–Crippen MR) is 73.0 cm³/mol. The van der Waals surface area contributed by atoms with Gasteiger partial charge in [0.2, 0.25) is 10.0 Å². The van der Waals surface area contributed by atoms with E-state index in [1.807, 2.05) is 6.92 Å². The van der Waals surface area contributed by atoms with E-state index < -0.39 is 20.8 Å². The average molecular weight is 340 g/mol. The normalized spacial score (nSPS) is 13.6. The summed E-state index contributed by atoms with van der Waals surface area (Å²) in [5.74, 6) is 0.308. The molecule has 1 aromatic rings. The SMILES string of the molecule is Cc1ccc(S(=O)(=O)NCCS(C)=O)c(Br)c1. The largest absolute Gasteiger partial charge is 0.260 e. The predicted octanol–water partition coefficient (Wildman–Crippen LogP) is 1.41. The van der Waals surface area contributed by atoms with Crippen LogP contribution in [0.15, 0.2) is 27.6 Å². The topological polar surface area (TPSA) is 63.2 Å². The molecule has 0 radical (unpaired) electrons. The van der Waals surface area contributed by atoms with Crippen molar-refractivity contribution >= 4 is 36.8 Å². The second-order valence-electron chi connectivity index (χ2n) is 3.61. The third-order valence-electron chi connectivity index (χ3n) is 2.06. The van der Waals surface area contributed by atoms with Gasteiger partial charge in [0.15, 0.2) is 0 Å². The number of benzene rings is 1. The van der Waals surface area contributed by atoms with Gasteiger partial charge in [0.05, 0.1) is 4.90 Å². The fourth-order valence-electron chi connectivity index (χ4n) is 1.22. The Hall–Kier alpha value is -0.240. The zero-order valence-corrected chi connectivity index (χ0v) is 12.8. The molecule has 1 unspecified atom stereocenters. The first-order valence-corrected chi connectivity index (χ1v) is 8.89. The van der Waals surface area contributed by atoms with Crippen LogP contribution in [0.3, 0.4) is 0 Å². The van der Waals surface area contributed by atoms with Crippen molar-refractivity contribution in [1.82, 2.24) is 4.72 Å². The molecule has 4 nitrogen and oxygen atoms in total. The number of hydrogen-bond donors (Lipinski definition) is 1. The highest BCUT2D eigenvalue weighted by Crippen LogP contribution is 2.22. The summed E-state index contributed by atoms with van der Waals surface area (Å²) < 4.78 is 37.6. The smallest absolute Gasteiger partial charge is 0.241 e. The first-order chi connectivity index (χ1) is 7.83. The van der Waals surface area contributed by atoms with Crippen LogP contribution >= 0.6 is 15.9 Å². The minimum Gasteiger partial charge on any atom is -0.260 e. The Balaban J connectivity index is 2.86. The van der Waals surface area contributed by atoms with E-state index in [1.165, 1.54) is 6.26 Å². The molecule has 0 aromatic heterocycles. The van der Waals surface area contributed by atoms with Crippen LogP contribution in [0.1, 0.15) is 5.56 Å². The Bertz CT molecular complexity index is 528. The molecule has 0 saturated heterocycles. The van der Waals surface area contributed by atoms with Gasteiger partial charge in [-0.1, -0.05) is 6.07 Å². The highest BCUT2D eigenvalue weighted by molar-refractivity contribution is 9.10. The second-order valence-corrected chi connectivity index (χ2v) is 7.75. The van der Waals surface area contributed by atoms with E-state index in [9.17, 15) is 12.6 Å². The summed E-state index contributed by atoms with van der Waals surface area (Å²) >= 11 is 3.22. The molecule has 1 N–H and O–H groups in total. The van der Waals surface area contributed by atoms with Crippen molar-refractivity contribution in [3.05, 3.63) is 28.2 Å². The summed E-state index contributed by atoms with van der Waals surface area (Å²) in [6.45, 7) is 2.06. The molecule has 0 aliphatic carbocycles. The zero-order chi connectivity index (χ0) is 13.1. The monoisotopic (exact) mass is 339 g/mol. The molecule has 1 rings (SSSR count). The molecular formula is C10H14BrNO3S2. The molecular weight excluding hydrogens is 326 g/mol. The van der Waals surface area contributed by atoms with Crippen molar-refractivity contribution in [2.45, 2.75) is 11.8 Å². The number of nitrogens with one attached hydrogen (secondary N) is 1. The molecule has 0 spiro atoms. The Morgan fingerprint density at radius 1 is 1.41 bits per heavy atom. The van der Waals surface area contributed by atoms with E-state index in [2.05, 4.69) is 20.7 Å². The molecule has 7 heteroatoms. The van der Waals surface area contributed by atoms with Crippen LogP contribution < -0.4 is 4.72 Å². The van der Waals surface area contributed by atoms with Crippen LogP contribution in [-0.2, 0) is 20.8 Å². The molecule has 0 fully saturated rings. The van der Waals surface area contributed by atoms with Crippen molar-refractivity contribution in [2.75, 3.05) is 18.6 Å². The Kier molecular flexibility index (Phi) is 5.30. The molecule has 0 bridgehead atoms. The quantitative estimate of drug-likeness (QED) is 0.882. The van der Waals surface area contributed by atoms with Gasteiger partial charge < -0.3 is 0 Å². The van der Waals surface area contributed by atoms with Gasteiger partial charge in [0, 0.05) is 33.8 Å². The van der Waals surface area contributed by atoms with E-state index in [0.717, 1.165) is 5.56 Å². The van der Waals surface area contributed by atoms with Gasteiger partial charge >= 0.3 is 0 Å². The van der Waals surface area contributed by atoms with Gasteiger partial charge in [-0.05, 0) is 40.5 Å². The van der Waals surface area contributed by atoms with Gasteiger partial charge in [-0.15, -0.1) is 0 Å². The summed E-state index contributed by atoms with van der Waals surface area (Å²) in [5.41, 5.74) is 0.977. The Morgan fingerprint density at radius 3 is 2.59 bits per heavy atom. The zero-order valence-electron chi connectivity index (χ0n) is 9.57. The molecule has 1 atom stereocenters. The minimum absolute atomic E-state index is 0.172. The van der Waals surface area contributed by atoms with Gasteiger partial charge in [-0.2, -0.15) is 0 Å². The van der Waals surface area contributed by atoms with Gasteiger partial charge in [0.25, 0.3) is 0 Å². The van der Waals surface area contributed by atoms with Crippen LogP contribution in [0.4, 0.5) is 0 Å². The first kappa shape index (κ1) is 14.8. The molecule has 0 heterocycles. The lowest BCUT2D eigenvalue weighted by Gasteiger charge is -2.08. The van der Waals surface area contributed by atoms with E-state index >= 15 is 0 Å². The Labute approximate surface area is 112 Å². The van der Waals surface area contributed by atoms with Gasteiger partial charge in [-0.25, -0.2) is 13.1 Å². The standard InChI is InChI=1S/C10H14BrNO3S2/c1-8-3-4-10(9(11)7-8)17(14,15)12-5-6-16(2)13/h3-4,7,12H,5-6H2,1-2H3. The fraction of sp³-hybridized carbons (Fsp3) is 0.400. The second kappa shape index (κ2) is 6.08. The van der Waals surface area contributed by atoms with Crippen molar-refractivity contribution in [3.63, 3.8) is 0 Å². The first-order valence-electron chi connectivity index (χ1n) is 4.89. The number of hydrogen-bond acceptors (Lipinski definition) is 3. The highest BCUT2D eigenvalue weighted by atomic mass is 79.9. The maximum Gasteiger partial charge on any atom is 0.241 e. The van der Waals surface area contributed by atoms with Crippen molar-refractivity contribution in [2.24, 2.45) is 0 Å². The summed E-state index contributed by atoms with van der Waals surface area (Å²) in [6, 6.07) is 5.02. The molecule has 0 aliphatic heterocycles. The fourth-order valence-corrected chi connectivity index (χ4v) is 3.96. The van der Waals surface area contributed by atoms with E-state index in [0.29, 0.717) is 10.2 Å². The summed E-state index contributed by atoms with van der Waals surface area (Å²) in [6.07, 6.45) is 1.54. The molecule has 96 valence electrons. The minimum atomic E-state index is -3.53. The number of aryl methyl sites for hydroxylation is 1. The Morgan fingerprint density at radius 2 is 2.06 bits per heavy atom. The molecule has 0 aliphatic rings.